The monoisotopic (exact) mass is 414 g/mol. The number of methoxy groups -OCH3 is 1. The van der Waals surface area contributed by atoms with E-state index in [0.29, 0.717) is 17.1 Å². The van der Waals surface area contributed by atoms with Crippen molar-refractivity contribution in [3.8, 4) is 34.1 Å². The molecule has 0 heterocycles. The fourth-order valence-corrected chi connectivity index (χ4v) is 3.48. The highest BCUT2D eigenvalue weighted by Gasteiger charge is 2.15. The van der Waals surface area contributed by atoms with E-state index in [1.165, 1.54) is 0 Å². The number of benzene rings is 4. The Morgan fingerprint density at radius 1 is 0.871 bits per heavy atom. The normalized spacial score (nSPS) is 11.8. The molecule has 0 aliphatic heterocycles. The van der Waals surface area contributed by atoms with Crippen LogP contribution in [-0.2, 0) is 4.79 Å². The highest BCUT2D eigenvalue weighted by molar-refractivity contribution is 5.96. The predicted molar refractivity (Wildman–Crippen MR) is 120 cm³/mol. The minimum absolute atomic E-state index is 0.183. The molecule has 0 aromatic heterocycles. The topological polar surface area (TPSA) is 76.0 Å². The number of phenols is 1. The van der Waals surface area contributed by atoms with Crippen LogP contribution in [0.3, 0.4) is 0 Å². The molecule has 0 saturated carbocycles. The zero-order chi connectivity index (χ0) is 22.0. The Labute approximate surface area is 180 Å². The molecule has 4 rings (SSSR count). The Hall–Kier alpha value is -3.99. The number of hydrogen-bond acceptors (Lipinski definition) is 4. The number of hydrogen-bond donors (Lipinski definition) is 2. The van der Waals surface area contributed by atoms with Crippen LogP contribution >= 0.6 is 0 Å². The molecular weight excluding hydrogens is 392 g/mol. The fourth-order valence-electron chi connectivity index (χ4n) is 3.48. The average Bonchev–Trinajstić information content (AvgIpc) is 2.79. The maximum atomic E-state index is 11.2. The van der Waals surface area contributed by atoms with Crippen molar-refractivity contribution >= 4 is 16.7 Å². The highest BCUT2D eigenvalue weighted by Crippen LogP contribution is 2.41. The number of carboxylic acid groups (broad SMARTS) is 1. The maximum Gasteiger partial charge on any atom is 0.310 e. The number of ether oxygens (including phenoxy) is 2. The first kappa shape index (κ1) is 20.3. The molecule has 0 spiro atoms. The van der Waals surface area contributed by atoms with Crippen LogP contribution < -0.4 is 9.47 Å². The van der Waals surface area contributed by atoms with Gasteiger partial charge in [0.05, 0.1) is 13.0 Å². The van der Waals surface area contributed by atoms with Crippen molar-refractivity contribution < 1.29 is 24.5 Å². The smallest absolute Gasteiger partial charge is 0.310 e. The Balaban J connectivity index is 1.79. The molecular formula is C26H22O5. The highest BCUT2D eigenvalue weighted by atomic mass is 16.5. The summed E-state index contributed by atoms with van der Waals surface area (Å²) in [5, 5.41) is 20.8. The van der Waals surface area contributed by atoms with Gasteiger partial charge in [0.25, 0.3) is 0 Å². The third-order valence-electron chi connectivity index (χ3n) is 5.33. The Morgan fingerprint density at radius 2 is 1.55 bits per heavy atom. The van der Waals surface area contributed by atoms with E-state index in [0.717, 1.165) is 27.6 Å². The van der Waals surface area contributed by atoms with Crippen molar-refractivity contribution in [1.82, 2.24) is 0 Å². The van der Waals surface area contributed by atoms with Crippen molar-refractivity contribution in [3.05, 3.63) is 84.4 Å². The van der Waals surface area contributed by atoms with Gasteiger partial charge in [-0.05, 0) is 72.0 Å². The van der Waals surface area contributed by atoms with Crippen molar-refractivity contribution in [2.75, 3.05) is 7.11 Å². The molecule has 0 fully saturated rings. The molecule has 0 aliphatic rings. The third-order valence-corrected chi connectivity index (χ3v) is 5.33. The fraction of sp³-hybridized carbons (Fsp3) is 0.115. The zero-order valence-corrected chi connectivity index (χ0v) is 17.2. The van der Waals surface area contributed by atoms with Crippen molar-refractivity contribution in [2.24, 2.45) is 0 Å². The summed E-state index contributed by atoms with van der Waals surface area (Å²) in [5.41, 5.74) is 2.56. The Kier molecular flexibility index (Phi) is 5.50. The minimum Gasteiger partial charge on any atom is -0.508 e. The summed E-state index contributed by atoms with van der Waals surface area (Å²) in [5.74, 6) is 0.731. The van der Waals surface area contributed by atoms with Crippen LogP contribution in [0.2, 0.25) is 0 Å². The van der Waals surface area contributed by atoms with Gasteiger partial charge in [-0.15, -0.1) is 0 Å². The van der Waals surface area contributed by atoms with Crippen LogP contribution in [0, 0.1) is 0 Å². The van der Waals surface area contributed by atoms with E-state index in [1.54, 1.807) is 50.4 Å². The van der Waals surface area contributed by atoms with E-state index in [4.69, 9.17) is 9.47 Å². The molecule has 1 atom stereocenters. The summed E-state index contributed by atoms with van der Waals surface area (Å²) in [6, 6.07) is 23.8. The number of rotatable bonds is 6. The quantitative estimate of drug-likeness (QED) is 0.393. The lowest BCUT2D eigenvalue weighted by Gasteiger charge is -2.16. The molecule has 0 aliphatic carbocycles. The molecule has 4 aromatic carbocycles. The molecule has 5 heteroatoms. The van der Waals surface area contributed by atoms with E-state index >= 15 is 0 Å². The van der Waals surface area contributed by atoms with Gasteiger partial charge in [-0.1, -0.05) is 30.3 Å². The number of carbonyl (C=O) groups is 1. The molecule has 4 aromatic rings. The lowest BCUT2D eigenvalue weighted by atomic mass is 9.99. The SMILES string of the molecule is COc1ccc(-c2ccc3cc(O)ccc3c2Oc2ccc(C(C)C(=O)O)cc2)cc1. The molecule has 0 saturated heterocycles. The van der Waals surface area contributed by atoms with E-state index in [9.17, 15) is 15.0 Å². The first-order chi connectivity index (χ1) is 15.0. The predicted octanol–water partition coefficient (Wildman–Crippen LogP) is 6.20. The molecule has 5 nitrogen and oxygen atoms in total. The van der Waals surface area contributed by atoms with Crippen LogP contribution in [0.1, 0.15) is 18.4 Å². The van der Waals surface area contributed by atoms with E-state index < -0.39 is 11.9 Å². The molecule has 0 bridgehead atoms. The number of carboxylic acids is 1. The van der Waals surface area contributed by atoms with Crippen molar-refractivity contribution in [3.63, 3.8) is 0 Å². The van der Waals surface area contributed by atoms with Gasteiger partial charge in [0.15, 0.2) is 0 Å². The van der Waals surface area contributed by atoms with Crippen molar-refractivity contribution in [2.45, 2.75) is 12.8 Å². The summed E-state index contributed by atoms with van der Waals surface area (Å²) in [4.78, 5) is 11.2. The first-order valence-electron chi connectivity index (χ1n) is 9.87. The van der Waals surface area contributed by atoms with Crippen LogP contribution in [0.25, 0.3) is 21.9 Å². The van der Waals surface area contributed by atoms with E-state index in [2.05, 4.69) is 0 Å². The summed E-state index contributed by atoms with van der Waals surface area (Å²) < 4.78 is 11.6. The zero-order valence-electron chi connectivity index (χ0n) is 17.2. The minimum atomic E-state index is -0.871. The largest absolute Gasteiger partial charge is 0.508 e. The summed E-state index contributed by atoms with van der Waals surface area (Å²) in [7, 11) is 1.63. The van der Waals surface area contributed by atoms with Gasteiger partial charge >= 0.3 is 5.97 Å². The number of fused-ring (bicyclic) bond motifs is 1. The maximum absolute atomic E-state index is 11.2. The molecule has 0 radical (unpaired) electrons. The van der Waals surface area contributed by atoms with Crippen LogP contribution in [0.4, 0.5) is 0 Å². The van der Waals surface area contributed by atoms with Gasteiger partial charge in [-0.2, -0.15) is 0 Å². The number of aromatic hydroxyl groups is 1. The average molecular weight is 414 g/mol. The van der Waals surface area contributed by atoms with Crippen molar-refractivity contribution in [1.29, 1.82) is 0 Å². The second kappa shape index (κ2) is 8.40. The van der Waals surface area contributed by atoms with Crippen LogP contribution in [0.5, 0.6) is 23.0 Å². The lowest BCUT2D eigenvalue weighted by Crippen LogP contribution is -2.06. The van der Waals surface area contributed by atoms with E-state index in [1.807, 2.05) is 42.5 Å². The molecule has 2 N–H and O–H groups in total. The summed E-state index contributed by atoms with van der Waals surface area (Å²) in [6.07, 6.45) is 0. The van der Waals surface area contributed by atoms with Gasteiger partial charge < -0.3 is 19.7 Å². The molecule has 31 heavy (non-hydrogen) atoms. The lowest BCUT2D eigenvalue weighted by molar-refractivity contribution is -0.138. The molecule has 156 valence electrons. The van der Waals surface area contributed by atoms with Crippen LogP contribution in [0.15, 0.2) is 78.9 Å². The van der Waals surface area contributed by atoms with Gasteiger partial charge in [0.1, 0.15) is 23.0 Å². The van der Waals surface area contributed by atoms with Gasteiger partial charge in [-0.25, -0.2) is 0 Å². The van der Waals surface area contributed by atoms with Gasteiger partial charge in [0.2, 0.25) is 0 Å². The van der Waals surface area contributed by atoms with E-state index in [-0.39, 0.29) is 5.75 Å². The second-order valence-electron chi connectivity index (χ2n) is 7.31. The first-order valence-corrected chi connectivity index (χ1v) is 9.87. The molecule has 0 amide bonds. The number of aliphatic carboxylic acids is 1. The third kappa shape index (κ3) is 4.16. The number of phenolic OH excluding ortho intramolecular Hbond substituents is 1. The van der Waals surface area contributed by atoms with Gasteiger partial charge in [-0.3, -0.25) is 4.79 Å². The van der Waals surface area contributed by atoms with Gasteiger partial charge in [0, 0.05) is 10.9 Å². The standard InChI is InChI=1S/C26H22O5/c1-16(26(28)29)17-3-11-22(12-4-17)31-25-23(18-5-9-21(30-2)10-6-18)13-7-19-15-20(27)8-14-24(19)25/h3-16,27H,1-2H3,(H,28,29). The summed E-state index contributed by atoms with van der Waals surface area (Å²) >= 11 is 0. The Morgan fingerprint density at radius 3 is 2.19 bits per heavy atom. The Bertz CT molecular complexity index is 1230. The second-order valence-corrected chi connectivity index (χ2v) is 7.31. The summed E-state index contributed by atoms with van der Waals surface area (Å²) in [6.45, 7) is 1.65. The van der Waals surface area contributed by atoms with Crippen LogP contribution in [-0.4, -0.2) is 23.3 Å². The molecule has 1 unspecified atom stereocenters.